The van der Waals surface area contributed by atoms with Gasteiger partial charge in [-0.15, -0.1) is 5.10 Å². The first-order valence-electron chi connectivity index (χ1n) is 10.9. The van der Waals surface area contributed by atoms with Crippen molar-refractivity contribution in [3.05, 3.63) is 89.6 Å². The van der Waals surface area contributed by atoms with E-state index in [0.29, 0.717) is 40.0 Å². The van der Waals surface area contributed by atoms with Crippen LogP contribution in [0.1, 0.15) is 18.5 Å². The van der Waals surface area contributed by atoms with Crippen molar-refractivity contribution in [2.45, 2.75) is 13.0 Å². The zero-order chi connectivity index (χ0) is 24.5. The zero-order valence-electron chi connectivity index (χ0n) is 19.1. The average molecular weight is 470 g/mol. The second-order valence-corrected chi connectivity index (χ2v) is 8.07. The Morgan fingerprint density at radius 3 is 2.54 bits per heavy atom. The number of ether oxygens (including phenoxy) is 1. The molecule has 1 aliphatic rings. The van der Waals surface area contributed by atoms with Crippen molar-refractivity contribution < 1.29 is 19.7 Å². The van der Waals surface area contributed by atoms with Gasteiger partial charge in [-0.05, 0) is 48.9 Å². The Hall–Kier alpha value is -4.79. The number of amides is 1. The van der Waals surface area contributed by atoms with E-state index in [2.05, 4.69) is 20.7 Å². The van der Waals surface area contributed by atoms with Gasteiger partial charge in [0.25, 0.3) is 5.91 Å². The molecule has 1 atom stereocenters. The molecule has 0 saturated carbocycles. The highest BCUT2D eigenvalue weighted by molar-refractivity contribution is 6.06. The summed E-state index contributed by atoms with van der Waals surface area (Å²) < 4.78 is 7.02. The van der Waals surface area contributed by atoms with E-state index in [4.69, 9.17) is 4.74 Å². The maximum Gasteiger partial charge on any atom is 0.255 e. The third-order valence-electron chi connectivity index (χ3n) is 5.77. The maximum atomic E-state index is 13.6. The number of aromatic nitrogens is 3. The quantitative estimate of drug-likeness (QED) is 0.344. The first-order chi connectivity index (χ1) is 16.9. The van der Waals surface area contributed by atoms with Crippen molar-refractivity contribution >= 4 is 17.5 Å². The number of carbonyl (C=O) groups is 1. The summed E-state index contributed by atoms with van der Waals surface area (Å²) in [6.07, 6.45) is 0. The number of benzene rings is 3. The Morgan fingerprint density at radius 2 is 1.80 bits per heavy atom. The smallest absolute Gasteiger partial charge is 0.255 e. The predicted molar refractivity (Wildman–Crippen MR) is 131 cm³/mol. The van der Waals surface area contributed by atoms with Crippen molar-refractivity contribution in [1.29, 1.82) is 0 Å². The molecular formula is C26H23N5O4. The van der Waals surface area contributed by atoms with Gasteiger partial charge in [0, 0.05) is 11.3 Å². The van der Waals surface area contributed by atoms with E-state index < -0.39 is 6.04 Å². The molecule has 1 aromatic heterocycles. The van der Waals surface area contributed by atoms with Gasteiger partial charge in [-0.2, -0.15) is 4.98 Å². The van der Waals surface area contributed by atoms with Crippen LogP contribution in [0.2, 0.25) is 0 Å². The number of nitrogens with zero attached hydrogens (tertiary/aromatic N) is 3. The average Bonchev–Trinajstić information content (AvgIpc) is 3.28. The molecule has 4 N–H and O–H groups in total. The maximum absolute atomic E-state index is 13.6. The molecule has 1 aliphatic heterocycles. The van der Waals surface area contributed by atoms with Crippen LogP contribution in [0.25, 0.3) is 11.4 Å². The lowest BCUT2D eigenvalue weighted by molar-refractivity contribution is -0.113. The molecule has 9 heteroatoms. The standard InChI is InChI=1S/C26H23N5O4/c1-15-22(25(34)28-20-8-3-4-9-21(20)35-2)23(16-10-12-18(32)13-11-16)31-26(27-15)29-24(30-31)17-6-5-7-19(33)14-17/h3-14,23,32-33H,1-2H3,(H,28,34)(H,27,29,30). The number of rotatable bonds is 5. The predicted octanol–water partition coefficient (Wildman–Crippen LogP) is 4.29. The van der Waals surface area contributed by atoms with Gasteiger partial charge in [0.2, 0.25) is 5.95 Å². The van der Waals surface area contributed by atoms with Crippen molar-refractivity contribution in [3.63, 3.8) is 0 Å². The number of para-hydroxylation sites is 2. The van der Waals surface area contributed by atoms with E-state index >= 15 is 0 Å². The van der Waals surface area contributed by atoms with E-state index in [9.17, 15) is 15.0 Å². The van der Waals surface area contributed by atoms with Crippen LogP contribution in [0.15, 0.2) is 84.1 Å². The fraction of sp³-hybridized carbons (Fsp3) is 0.115. The molecule has 176 valence electrons. The highest BCUT2D eigenvalue weighted by Gasteiger charge is 2.34. The van der Waals surface area contributed by atoms with Crippen LogP contribution in [-0.4, -0.2) is 38.0 Å². The van der Waals surface area contributed by atoms with E-state index in [0.717, 1.165) is 5.56 Å². The fourth-order valence-electron chi connectivity index (χ4n) is 4.11. The van der Waals surface area contributed by atoms with Crippen LogP contribution >= 0.6 is 0 Å². The van der Waals surface area contributed by atoms with Gasteiger partial charge in [-0.25, -0.2) is 4.68 Å². The molecule has 1 unspecified atom stereocenters. The molecule has 4 aromatic rings. The number of aromatic hydroxyl groups is 2. The van der Waals surface area contributed by atoms with Gasteiger partial charge >= 0.3 is 0 Å². The van der Waals surface area contributed by atoms with E-state index in [-0.39, 0.29) is 17.4 Å². The second-order valence-electron chi connectivity index (χ2n) is 8.07. The molecule has 2 heterocycles. The number of allylic oxidation sites excluding steroid dienone is 1. The second kappa shape index (κ2) is 8.86. The molecule has 1 amide bonds. The Balaban J connectivity index is 1.60. The monoisotopic (exact) mass is 469 g/mol. The highest BCUT2D eigenvalue weighted by atomic mass is 16.5. The van der Waals surface area contributed by atoms with Crippen molar-refractivity contribution in [2.24, 2.45) is 0 Å². The number of phenols is 2. The number of hydrogen-bond acceptors (Lipinski definition) is 7. The molecule has 0 aliphatic carbocycles. The molecule has 0 radical (unpaired) electrons. The molecule has 0 fully saturated rings. The number of hydrogen-bond donors (Lipinski definition) is 4. The van der Waals surface area contributed by atoms with Crippen molar-refractivity contribution in [1.82, 2.24) is 14.8 Å². The SMILES string of the molecule is COc1ccccc1NC(=O)C1=C(C)Nc2nc(-c3cccc(O)c3)nn2C1c1ccc(O)cc1. The Bertz CT molecular complexity index is 1440. The number of anilines is 2. The number of fused-ring (bicyclic) bond motifs is 1. The molecule has 9 nitrogen and oxygen atoms in total. The minimum absolute atomic E-state index is 0.101. The number of carbonyl (C=O) groups excluding carboxylic acids is 1. The van der Waals surface area contributed by atoms with Crippen LogP contribution in [-0.2, 0) is 4.79 Å². The third-order valence-corrected chi connectivity index (χ3v) is 5.77. The minimum atomic E-state index is -0.625. The van der Waals surface area contributed by atoms with E-state index in [1.807, 2.05) is 12.1 Å². The van der Waals surface area contributed by atoms with Gasteiger partial charge in [0.1, 0.15) is 23.3 Å². The third kappa shape index (κ3) is 4.15. The van der Waals surface area contributed by atoms with E-state index in [1.54, 1.807) is 79.4 Å². The largest absolute Gasteiger partial charge is 0.508 e. The summed E-state index contributed by atoms with van der Waals surface area (Å²) in [5, 5.41) is 30.5. The molecule has 3 aromatic carbocycles. The molecule has 5 rings (SSSR count). The molecular weight excluding hydrogens is 446 g/mol. The molecule has 0 spiro atoms. The number of methoxy groups -OCH3 is 1. The highest BCUT2D eigenvalue weighted by Crippen LogP contribution is 2.38. The molecule has 0 bridgehead atoms. The lowest BCUT2D eigenvalue weighted by Gasteiger charge is -2.28. The van der Waals surface area contributed by atoms with Gasteiger partial charge in [0.15, 0.2) is 5.82 Å². The van der Waals surface area contributed by atoms with Gasteiger partial charge in [-0.3, -0.25) is 4.79 Å². The summed E-state index contributed by atoms with van der Waals surface area (Å²) in [4.78, 5) is 18.2. The topological polar surface area (TPSA) is 122 Å². The van der Waals surface area contributed by atoms with Gasteiger partial charge in [0.05, 0.1) is 18.4 Å². The summed E-state index contributed by atoms with van der Waals surface area (Å²) in [5.74, 6) is 1.26. The van der Waals surface area contributed by atoms with Gasteiger partial charge < -0.3 is 25.6 Å². The molecule has 0 saturated heterocycles. The van der Waals surface area contributed by atoms with Crippen LogP contribution in [0.5, 0.6) is 17.2 Å². The Labute approximate surface area is 201 Å². The zero-order valence-corrected chi connectivity index (χ0v) is 19.1. The van der Waals surface area contributed by atoms with E-state index in [1.165, 1.54) is 0 Å². The van der Waals surface area contributed by atoms with Crippen LogP contribution in [0, 0.1) is 0 Å². The van der Waals surface area contributed by atoms with Gasteiger partial charge in [-0.1, -0.05) is 36.4 Å². The summed E-state index contributed by atoms with van der Waals surface area (Å²) >= 11 is 0. The van der Waals surface area contributed by atoms with Crippen molar-refractivity contribution in [2.75, 3.05) is 17.7 Å². The molecule has 35 heavy (non-hydrogen) atoms. The first kappa shape index (κ1) is 22.0. The summed E-state index contributed by atoms with van der Waals surface area (Å²) in [6.45, 7) is 1.80. The lowest BCUT2D eigenvalue weighted by atomic mass is 9.95. The number of nitrogens with one attached hydrogen (secondary N) is 2. The van der Waals surface area contributed by atoms with Crippen LogP contribution < -0.4 is 15.4 Å². The fourth-order valence-corrected chi connectivity index (χ4v) is 4.11. The summed E-state index contributed by atoms with van der Waals surface area (Å²) in [6, 6.07) is 19.8. The summed E-state index contributed by atoms with van der Waals surface area (Å²) in [7, 11) is 1.54. The normalized spacial score (nSPS) is 14.7. The lowest BCUT2D eigenvalue weighted by Crippen LogP contribution is -2.31. The minimum Gasteiger partial charge on any atom is -0.508 e. The first-order valence-corrected chi connectivity index (χ1v) is 10.9. The summed E-state index contributed by atoms with van der Waals surface area (Å²) in [5.41, 5.74) is 2.95. The Morgan fingerprint density at radius 1 is 1.03 bits per heavy atom. The number of phenolic OH excluding ortho intramolecular Hbond substituents is 2. The Kier molecular flexibility index (Phi) is 5.58. The van der Waals surface area contributed by atoms with Crippen LogP contribution in [0.3, 0.4) is 0 Å². The van der Waals surface area contributed by atoms with Crippen molar-refractivity contribution in [3.8, 4) is 28.6 Å². The van der Waals surface area contributed by atoms with Crippen LogP contribution in [0.4, 0.5) is 11.6 Å².